The van der Waals surface area contributed by atoms with E-state index in [4.69, 9.17) is 4.74 Å². The van der Waals surface area contributed by atoms with Gasteiger partial charge < -0.3 is 9.84 Å². The molecule has 2 atom stereocenters. The monoisotopic (exact) mass is 281 g/mol. The first-order valence-corrected chi connectivity index (χ1v) is 7.40. The van der Waals surface area contributed by atoms with Gasteiger partial charge in [-0.05, 0) is 18.3 Å². The fourth-order valence-corrected chi connectivity index (χ4v) is 3.46. The van der Waals surface area contributed by atoms with Crippen LogP contribution in [0.1, 0.15) is 38.5 Å². The zero-order chi connectivity index (χ0) is 14.5. The van der Waals surface area contributed by atoms with E-state index < -0.39 is 18.1 Å². The fraction of sp³-hybridized carbons (Fsp3) is 0.733. The van der Waals surface area contributed by atoms with Crippen molar-refractivity contribution in [1.29, 1.82) is 0 Å². The first-order valence-electron chi connectivity index (χ1n) is 7.40. The van der Waals surface area contributed by atoms with E-state index in [1.165, 1.54) is 30.2 Å². The third kappa shape index (κ3) is 3.32. The van der Waals surface area contributed by atoms with Crippen LogP contribution in [0.4, 0.5) is 4.79 Å². The summed E-state index contributed by atoms with van der Waals surface area (Å²) >= 11 is 0. The van der Waals surface area contributed by atoms with Crippen LogP contribution in [0, 0.1) is 11.8 Å². The molecule has 2 rings (SSSR count). The molecule has 0 aromatic rings. The van der Waals surface area contributed by atoms with Gasteiger partial charge in [-0.1, -0.05) is 44.8 Å². The highest BCUT2D eigenvalue weighted by molar-refractivity contribution is 5.80. The van der Waals surface area contributed by atoms with Crippen molar-refractivity contribution in [1.82, 2.24) is 4.90 Å². The van der Waals surface area contributed by atoms with Crippen molar-refractivity contribution in [2.45, 2.75) is 44.6 Å². The molecule has 112 valence electrons. The van der Waals surface area contributed by atoms with E-state index in [9.17, 15) is 14.7 Å². The lowest BCUT2D eigenvalue weighted by Crippen LogP contribution is -2.40. The van der Waals surface area contributed by atoms with Crippen molar-refractivity contribution < 1.29 is 19.4 Å². The van der Waals surface area contributed by atoms with Crippen LogP contribution in [0.3, 0.4) is 0 Å². The van der Waals surface area contributed by atoms with Gasteiger partial charge in [-0.3, -0.25) is 4.90 Å². The van der Waals surface area contributed by atoms with Crippen molar-refractivity contribution in [3.05, 3.63) is 12.7 Å². The van der Waals surface area contributed by atoms with Crippen LogP contribution in [0.5, 0.6) is 0 Å². The predicted octanol–water partition coefficient (Wildman–Crippen LogP) is 2.66. The summed E-state index contributed by atoms with van der Waals surface area (Å²) in [6.45, 7) is 4.12. The molecule has 0 aromatic carbocycles. The first-order chi connectivity index (χ1) is 9.63. The standard InChI is InChI=1S/C15H23NO4/c1-2-8-20-15(19)16-10-12(9-13(16)14(17)18)11-6-4-3-5-7-11/h2,11-13H,1,3-10H2,(H,17,18)/t12-,13+/m1/s1. The van der Waals surface area contributed by atoms with E-state index in [0.29, 0.717) is 24.8 Å². The Morgan fingerprint density at radius 1 is 1.25 bits per heavy atom. The molecule has 2 fully saturated rings. The van der Waals surface area contributed by atoms with Crippen molar-refractivity contribution in [3.63, 3.8) is 0 Å². The molecule has 1 saturated heterocycles. The Labute approximate surface area is 119 Å². The van der Waals surface area contributed by atoms with Gasteiger partial charge in [0.25, 0.3) is 0 Å². The average Bonchev–Trinajstić information content (AvgIpc) is 2.91. The topological polar surface area (TPSA) is 66.8 Å². The smallest absolute Gasteiger partial charge is 0.410 e. The summed E-state index contributed by atoms with van der Waals surface area (Å²) in [5.41, 5.74) is 0. The second-order valence-electron chi connectivity index (χ2n) is 5.77. The number of hydrogen-bond donors (Lipinski definition) is 1. The van der Waals surface area contributed by atoms with E-state index in [0.717, 1.165) is 12.8 Å². The molecule has 20 heavy (non-hydrogen) atoms. The SMILES string of the molecule is C=CCOC(=O)N1C[C@H](C2CCCCC2)C[C@H]1C(=O)O. The molecule has 1 N–H and O–H groups in total. The van der Waals surface area contributed by atoms with Crippen molar-refractivity contribution in [2.24, 2.45) is 11.8 Å². The minimum Gasteiger partial charge on any atom is -0.480 e. The maximum Gasteiger partial charge on any atom is 0.410 e. The minimum absolute atomic E-state index is 0.121. The van der Waals surface area contributed by atoms with Crippen molar-refractivity contribution in [3.8, 4) is 0 Å². The fourth-order valence-electron chi connectivity index (χ4n) is 3.46. The highest BCUT2D eigenvalue weighted by Gasteiger charge is 2.43. The lowest BCUT2D eigenvalue weighted by molar-refractivity contribution is -0.141. The van der Waals surface area contributed by atoms with Gasteiger partial charge in [0, 0.05) is 6.54 Å². The molecule has 1 aliphatic heterocycles. The van der Waals surface area contributed by atoms with Crippen LogP contribution >= 0.6 is 0 Å². The van der Waals surface area contributed by atoms with Gasteiger partial charge in [0.1, 0.15) is 12.6 Å². The number of ether oxygens (including phenoxy) is 1. The zero-order valence-corrected chi connectivity index (χ0v) is 11.8. The lowest BCUT2D eigenvalue weighted by Gasteiger charge is -2.27. The first kappa shape index (κ1) is 14.9. The molecule has 0 unspecified atom stereocenters. The quantitative estimate of drug-likeness (QED) is 0.804. The molecule has 5 heteroatoms. The number of carbonyl (C=O) groups is 2. The summed E-state index contributed by atoms with van der Waals surface area (Å²) in [6, 6.07) is -0.737. The van der Waals surface area contributed by atoms with E-state index in [1.807, 2.05) is 0 Å². The lowest BCUT2D eigenvalue weighted by atomic mass is 9.79. The molecule has 1 heterocycles. The minimum atomic E-state index is -0.932. The van der Waals surface area contributed by atoms with Crippen molar-refractivity contribution >= 4 is 12.1 Å². The van der Waals surface area contributed by atoms with Crippen LogP contribution in [-0.2, 0) is 9.53 Å². The summed E-state index contributed by atoms with van der Waals surface area (Å²) in [5.74, 6) is -0.0747. The number of carbonyl (C=O) groups excluding carboxylic acids is 1. The Kier molecular flexibility index (Phi) is 5.04. The summed E-state index contributed by atoms with van der Waals surface area (Å²) < 4.78 is 5.00. The van der Waals surface area contributed by atoms with Crippen molar-refractivity contribution in [2.75, 3.05) is 13.2 Å². The third-order valence-electron chi connectivity index (χ3n) is 4.49. The number of rotatable bonds is 4. The Morgan fingerprint density at radius 3 is 2.55 bits per heavy atom. The summed E-state index contributed by atoms with van der Waals surface area (Å²) in [4.78, 5) is 24.7. The molecule has 0 radical (unpaired) electrons. The Balaban J connectivity index is 2.00. The second kappa shape index (κ2) is 6.77. The molecular formula is C15H23NO4. The number of aliphatic carboxylic acids is 1. The number of hydrogen-bond acceptors (Lipinski definition) is 3. The Hall–Kier alpha value is -1.52. The van der Waals surface area contributed by atoms with Gasteiger partial charge in [-0.15, -0.1) is 0 Å². The predicted molar refractivity (Wildman–Crippen MR) is 74.4 cm³/mol. The van der Waals surface area contributed by atoms with Gasteiger partial charge in [0.2, 0.25) is 0 Å². The summed E-state index contributed by atoms with van der Waals surface area (Å²) in [6.07, 6.45) is 7.55. The zero-order valence-electron chi connectivity index (χ0n) is 11.8. The molecule has 1 amide bonds. The number of likely N-dealkylation sites (tertiary alicyclic amines) is 1. The van der Waals surface area contributed by atoms with E-state index >= 15 is 0 Å². The molecule has 0 aromatic heterocycles. The molecule has 5 nitrogen and oxygen atoms in total. The van der Waals surface area contributed by atoms with E-state index in [1.54, 1.807) is 0 Å². The van der Waals surface area contributed by atoms with Gasteiger partial charge in [0.15, 0.2) is 0 Å². The van der Waals surface area contributed by atoms with Gasteiger partial charge in [0.05, 0.1) is 0 Å². The molecule has 0 spiro atoms. The molecular weight excluding hydrogens is 258 g/mol. The Morgan fingerprint density at radius 2 is 1.95 bits per heavy atom. The molecule has 0 bridgehead atoms. The highest BCUT2D eigenvalue weighted by atomic mass is 16.6. The van der Waals surface area contributed by atoms with Gasteiger partial charge >= 0.3 is 12.1 Å². The van der Waals surface area contributed by atoms with Crippen LogP contribution in [0.25, 0.3) is 0 Å². The maximum atomic E-state index is 11.9. The average molecular weight is 281 g/mol. The molecule has 2 aliphatic rings. The van der Waals surface area contributed by atoms with Crippen LogP contribution in [-0.4, -0.2) is 41.3 Å². The Bertz CT molecular complexity index is 376. The van der Waals surface area contributed by atoms with Crippen LogP contribution in [0.15, 0.2) is 12.7 Å². The van der Waals surface area contributed by atoms with E-state index in [2.05, 4.69) is 6.58 Å². The molecule has 1 aliphatic carbocycles. The van der Waals surface area contributed by atoms with Crippen LogP contribution in [0.2, 0.25) is 0 Å². The third-order valence-corrected chi connectivity index (χ3v) is 4.49. The normalized spacial score (nSPS) is 27.3. The molecule has 1 saturated carbocycles. The maximum absolute atomic E-state index is 11.9. The largest absolute Gasteiger partial charge is 0.480 e. The number of carboxylic acid groups (broad SMARTS) is 1. The number of carboxylic acids is 1. The summed E-state index contributed by atoms with van der Waals surface area (Å²) in [5, 5.41) is 9.30. The number of amides is 1. The summed E-state index contributed by atoms with van der Waals surface area (Å²) in [7, 11) is 0. The highest BCUT2D eigenvalue weighted by Crippen LogP contribution is 2.37. The van der Waals surface area contributed by atoms with Gasteiger partial charge in [-0.2, -0.15) is 0 Å². The van der Waals surface area contributed by atoms with E-state index in [-0.39, 0.29) is 6.61 Å². The second-order valence-corrected chi connectivity index (χ2v) is 5.77. The van der Waals surface area contributed by atoms with Crippen LogP contribution < -0.4 is 0 Å². The van der Waals surface area contributed by atoms with Gasteiger partial charge in [-0.25, -0.2) is 9.59 Å². The number of nitrogens with zero attached hydrogens (tertiary/aromatic N) is 1.